The summed E-state index contributed by atoms with van der Waals surface area (Å²) in [5.74, 6) is -1.29. The molecule has 0 radical (unpaired) electrons. The lowest BCUT2D eigenvalue weighted by molar-refractivity contribution is -0.341. The van der Waals surface area contributed by atoms with Gasteiger partial charge < -0.3 is 5.11 Å². The number of aromatic carboxylic acids is 1. The summed E-state index contributed by atoms with van der Waals surface area (Å²) in [6.07, 6.45) is -10.9. The van der Waals surface area contributed by atoms with E-state index in [1.807, 2.05) is 0 Å². The van der Waals surface area contributed by atoms with Crippen LogP contribution in [0.2, 0.25) is 10.0 Å². The molecular weight excluding hydrogens is 475 g/mol. The number of hydrogen-bond acceptors (Lipinski definition) is 3. The summed E-state index contributed by atoms with van der Waals surface area (Å²) in [6, 6.07) is 6.05. The Kier molecular flexibility index (Phi) is 6.22. The zero-order chi connectivity index (χ0) is 23.2. The fraction of sp³-hybridized carbons (Fsp3) is 0.316. The first-order valence-corrected chi connectivity index (χ1v) is 9.36. The summed E-state index contributed by atoms with van der Waals surface area (Å²) >= 11 is 11.7. The van der Waals surface area contributed by atoms with Crippen LogP contribution in [0, 0.1) is 0 Å². The lowest BCUT2D eigenvalue weighted by Gasteiger charge is -2.32. The minimum atomic E-state index is -5.12. The molecule has 2 aromatic carbocycles. The molecule has 2 aromatic rings. The fourth-order valence-corrected chi connectivity index (χ4v) is 3.94. The van der Waals surface area contributed by atoms with E-state index in [9.17, 15) is 31.1 Å². The van der Waals surface area contributed by atoms with Crippen molar-refractivity contribution in [3.63, 3.8) is 0 Å². The minimum Gasteiger partial charge on any atom is -0.478 e. The van der Waals surface area contributed by atoms with Crippen LogP contribution in [0.1, 0.15) is 33.9 Å². The van der Waals surface area contributed by atoms with E-state index < -0.39 is 48.5 Å². The Morgan fingerprint density at radius 2 is 1.61 bits per heavy atom. The maximum absolute atomic E-state index is 14.2. The standard InChI is InChI=1S/C19H13Cl2F6NO3/c20-13-5-12(6-14(21)7-13)17(19(25,26)27)8-15(28(31-17)9-18(22,23)24)10-1-3-11(4-2-10)16(29)30/h1-7,15H,8-9H2,(H,29,30). The van der Waals surface area contributed by atoms with Gasteiger partial charge in [0.25, 0.3) is 0 Å². The number of carbonyl (C=O) groups is 1. The molecule has 0 aromatic heterocycles. The summed E-state index contributed by atoms with van der Waals surface area (Å²) in [5.41, 5.74) is -3.85. The lowest BCUT2D eigenvalue weighted by Crippen LogP contribution is -2.44. The van der Waals surface area contributed by atoms with Gasteiger partial charge in [-0.15, -0.1) is 0 Å². The van der Waals surface area contributed by atoms with Gasteiger partial charge in [-0.1, -0.05) is 35.3 Å². The number of halogens is 8. The van der Waals surface area contributed by atoms with Gasteiger partial charge in [0.1, 0.15) is 6.54 Å². The Morgan fingerprint density at radius 3 is 2.06 bits per heavy atom. The molecule has 31 heavy (non-hydrogen) atoms. The van der Waals surface area contributed by atoms with Crippen molar-refractivity contribution >= 4 is 29.2 Å². The van der Waals surface area contributed by atoms with Crippen molar-refractivity contribution < 1.29 is 41.1 Å². The van der Waals surface area contributed by atoms with Gasteiger partial charge in [-0.3, -0.25) is 4.84 Å². The molecule has 1 saturated heterocycles. The summed E-state index contributed by atoms with van der Waals surface area (Å²) in [6.45, 7) is -1.79. The zero-order valence-electron chi connectivity index (χ0n) is 15.3. The summed E-state index contributed by atoms with van der Waals surface area (Å²) in [7, 11) is 0. The number of carboxylic acid groups (broad SMARTS) is 1. The number of carboxylic acids is 1. The summed E-state index contributed by atoms with van der Waals surface area (Å²) < 4.78 is 82.1. The van der Waals surface area contributed by atoms with E-state index in [0.29, 0.717) is 0 Å². The monoisotopic (exact) mass is 487 g/mol. The highest BCUT2D eigenvalue weighted by atomic mass is 35.5. The van der Waals surface area contributed by atoms with Crippen molar-refractivity contribution in [2.24, 2.45) is 0 Å². The summed E-state index contributed by atoms with van der Waals surface area (Å²) in [4.78, 5) is 16.0. The molecular formula is C19H13Cl2F6NO3. The van der Waals surface area contributed by atoms with Gasteiger partial charge in [-0.05, 0) is 41.5 Å². The highest BCUT2D eigenvalue weighted by Crippen LogP contribution is 2.55. The number of nitrogens with zero attached hydrogens (tertiary/aromatic N) is 1. The first-order valence-electron chi connectivity index (χ1n) is 8.61. The quantitative estimate of drug-likeness (QED) is 0.507. The molecule has 0 amide bonds. The second-order valence-electron chi connectivity index (χ2n) is 6.91. The average Bonchev–Trinajstić information content (AvgIpc) is 2.99. The number of hydrogen-bond donors (Lipinski definition) is 1. The van der Waals surface area contributed by atoms with E-state index in [2.05, 4.69) is 0 Å². The first kappa shape index (κ1) is 23.6. The number of alkyl halides is 6. The molecule has 2 unspecified atom stereocenters. The number of rotatable bonds is 4. The van der Waals surface area contributed by atoms with Gasteiger partial charge in [-0.25, -0.2) is 4.79 Å². The van der Waals surface area contributed by atoms with Gasteiger partial charge in [0.05, 0.1) is 11.6 Å². The molecule has 168 valence electrons. The molecule has 0 saturated carbocycles. The van der Waals surface area contributed by atoms with Crippen LogP contribution >= 0.6 is 23.2 Å². The van der Waals surface area contributed by atoms with Crippen LogP contribution < -0.4 is 0 Å². The van der Waals surface area contributed by atoms with E-state index in [1.54, 1.807) is 0 Å². The predicted octanol–water partition coefficient (Wildman–Crippen LogP) is 6.39. The van der Waals surface area contributed by atoms with Crippen LogP contribution in [0.25, 0.3) is 0 Å². The Labute approximate surface area is 181 Å². The van der Waals surface area contributed by atoms with E-state index in [0.717, 1.165) is 36.4 Å². The smallest absolute Gasteiger partial charge is 0.423 e. The van der Waals surface area contributed by atoms with E-state index in [1.165, 1.54) is 6.07 Å². The maximum atomic E-state index is 14.2. The lowest BCUT2D eigenvalue weighted by atomic mass is 9.85. The molecule has 1 fully saturated rings. The van der Waals surface area contributed by atoms with Crippen LogP contribution in [-0.2, 0) is 10.4 Å². The van der Waals surface area contributed by atoms with Crippen LogP contribution in [0.5, 0.6) is 0 Å². The number of hydroxylamine groups is 2. The maximum Gasteiger partial charge on any atom is 0.423 e. The third-order valence-electron chi connectivity index (χ3n) is 4.77. The second-order valence-corrected chi connectivity index (χ2v) is 7.78. The predicted molar refractivity (Wildman–Crippen MR) is 98.8 cm³/mol. The molecule has 0 aliphatic carbocycles. The van der Waals surface area contributed by atoms with Gasteiger partial charge in [0.15, 0.2) is 0 Å². The molecule has 0 spiro atoms. The number of benzene rings is 2. The topological polar surface area (TPSA) is 49.8 Å². The molecule has 1 N–H and O–H groups in total. The molecule has 1 aliphatic heterocycles. The normalized spacial score (nSPS) is 22.6. The van der Waals surface area contributed by atoms with E-state index in [4.69, 9.17) is 33.1 Å². The van der Waals surface area contributed by atoms with Gasteiger partial charge in [-0.2, -0.15) is 31.4 Å². The highest BCUT2D eigenvalue weighted by molar-refractivity contribution is 6.34. The zero-order valence-corrected chi connectivity index (χ0v) is 16.8. The van der Waals surface area contributed by atoms with Crippen molar-refractivity contribution in [2.45, 2.75) is 30.4 Å². The molecule has 1 aliphatic rings. The molecule has 3 rings (SSSR count). The van der Waals surface area contributed by atoms with Crippen LogP contribution in [0.3, 0.4) is 0 Å². The van der Waals surface area contributed by atoms with Crippen LogP contribution in [-0.4, -0.2) is 35.0 Å². The van der Waals surface area contributed by atoms with Gasteiger partial charge in [0, 0.05) is 16.5 Å². The van der Waals surface area contributed by atoms with E-state index >= 15 is 0 Å². The summed E-state index contributed by atoms with van der Waals surface area (Å²) in [5, 5.41) is 8.89. The third-order valence-corrected chi connectivity index (χ3v) is 5.20. The third kappa shape index (κ3) is 4.92. The molecule has 0 bridgehead atoms. The second kappa shape index (κ2) is 8.16. The Morgan fingerprint density at radius 1 is 1.06 bits per heavy atom. The molecule has 12 heteroatoms. The van der Waals surface area contributed by atoms with Crippen molar-refractivity contribution in [1.29, 1.82) is 0 Å². The highest BCUT2D eigenvalue weighted by Gasteiger charge is 2.65. The van der Waals surface area contributed by atoms with Crippen LogP contribution in [0.4, 0.5) is 26.3 Å². The Hall–Kier alpha value is -2.01. The largest absolute Gasteiger partial charge is 0.478 e. The average molecular weight is 488 g/mol. The van der Waals surface area contributed by atoms with E-state index in [-0.39, 0.29) is 26.2 Å². The first-order chi connectivity index (χ1) is 14.2. The Balaban J connectivity index is 2.12. The van der Waals surface area contributed by atoms with Crippen molar-refractivity contribution in [2.75, 3.05) is 6.54 Å². The molecule has 1 heterocycles. The molecule has 4 nitrogen and oxygen atoms in total. The SMILES string of the molecule is O=C(O)c1ccc(C2CC(c3cc(Cl)cc(Cl)c3)(C(F)(F)F)ON2CC(F)(F)F)cc1. The van der Waals surface area contributed by atoms with Crippen LogP contribution in [0.15, 0.2) is 42.5 Å². The van der Waals surface area contributed by atoms with Crippen molar-refractivity contribution in [3.8, 4) is 0 Å². The van der Waals surface area contributed by atoms with Gasteiger partial charge >= 0.3 is 18.3 Å². The van der Waals surface area contributed by atoms with Gasteiger partial charge in [0.2, 0.25) is 5.60 Å². The fourth-order valence-electron chi connectivity index (χ4n) is 3.41. The minimum absolute atomic E-state index is 0.0218. The van der Waals surface area contributed by atoms with Crippen molar-refractivity contribution in [1.82, 2.24) is 5.06 Å². The Bertz CT molecular complexity index is 960. The van der Waals surface area contributed by atoms with Crippen molar-refractivity contribution in [3.05, 3.63) is 69.2 Å². The molecule has 2 atom stereocenters.